The van der Waals surface area contributed by atoms with Crippen LogP contribution >= 0.6 is 15.9 Å². The van der Waals surface area contributed by atoms with Gasteiger partial charge in [-0.25, -0.2) is 4.68 Å². The molecule has 1 unspecified atom stereocenters. The first-order chi connectivity index (χ1) is 15.8. The molecular weight excluding hydrogens is 460 g/mol. The van der Waals surface area contributed by atoms with Gasteiger partial charge >= 0.3 is 0 Å². The maximum absolute atomic E-state index is 4.59. The average Bonchev–Trinajstić information content (AvgIpc) is 3.37. The van der Waals surface area contributed by atoms with Crippen LogP contribution in [0.1, 0.15) is 32.9 Å². The molecule has 1 atom stereocenters. The lowest BCUT2D eigenvalue weighted by atomic mass is 9.77. The third-order valence-electron chi connectivity index (χ3n) is 5.70. The zero-order valence-corrected chi connectivity index (χ0v) is 18.9. The number of aromatic nitrogens is 4. The van der Waals surface area contributed by atoms with Crippen LogP contribution in [0.4, 0.5) is 0 Å². The van der Waals surface area contributed by atoms with Gasteiger partial charge in [0.2, 0.25) is 0 Å². The van der Waals surface area contributed by atoms with Gasteiger partial charge in [-0.05, 0) is 32.7 Å². The molecule has 4 aromatic carbocycles. The first-order valence-corrected chi connectivity index (χ1v) is 11.4. The predicted octanol–water partition coefficient (Wildman–Crippen LogP) is 6.00. The number of hydrogen-bond acceptors (Lipinski definition) is 3. The van der Waals surface area contributed by atoms with E-state index >= 15 is 0 Å². The molecule has 0 aliphatic heterocycles. The van der Waals surface area contributed by atoms with E-state index < -0.39 is 5.54 Å². The summed E-state index contributed by atoms with van der Waals surface area (Å²) in [5.41, 5.74) is 3.59. The van der Waals surface area contributed by atoms with Crippen LogP contribution in [0.15, 0.2) is 121 Å². The Balaban J connectivity index is 1.84. The molecule has 5 rings (SSSR count). The number of benzene rings is 4. The molecule has 0 saturated heterocycles. The molecule has 0 aliphatic rings. The second kappa shape index (κ2) is 8.89. The lowest BCUT2D eigenvalue weighted by Gasteiger charge is -2.36. The summed E-state index contributed by atoms with van der Waals surface area (Å²) in [4.78, 5) is -0.172. The van der Waals surface area contributed by atoms with Crippen LogP contribution in [0.2, 0.25) is 0 Å². The minimum atomic E-state index is -0.747. The number of nitrogens with zero attached hydrogens (tertiary/aromatic N) is 4. The van der Waals surface area contributed by atoms with Gasteiger partial charge in [0.25, 0.3) is 0 Å². The second-order valence-corrected chi connectivity index (χ2v) is 8.45. The fourth-order valence-electron chi connectivity index (χ4n) is 4.27. The van der Waals surface area contributed by atoms with E-state index in [-0.39, 0.29) is 4.83 Å². The number of rotatable bonds is 6. The zero-order chi connectivity index (χ0) is 21.8. The molecule has 0 bridgehead atoms. The molecule has 0 amide bonds. The van der Waals surface area contributed by atoms with Crippen LogP contribution in [0.5, 0.6) is 0 Å². The van der Waals surface area contributed by atoms with Crippen molar-refractivity contribution in [3.05, 3.63) is 149 Å². The summed E-state index contributed by atoms with van der Waals surface area (Å²) in [5.74, 6) is 0.729. The van der Waals surface area contributed by atoms with Crippen LogP contribution in [-0.2, 0) is 5.54 Å². The standard InChI is InChI=1S/C27H21BrN4/c28-25(21-13-5-1-6-14-21)26-29-30-31-32(26)27(22-15-7-2-8-16-22,23-17-9-3-10-18-23)24-19-11-4-12-20-24/h1-20,25H. The van der Waals surface area contributed by atoms with Crippen molar-refractivity contribution < 1.29 is 0 Å². The molecule has 4 nitrogen and oxygen atoms in total. The maximum Gasteiger partial charge on any atom is 0.171 e. The van der Waals surface area contributed by atoms with Crippen molar-refractivity contribution in [2.75, 3.05) is 0 Å². The summed E-state index contributed by atoms with van der Waals surface area (Å²) >= 11 is 3.87. The van der Waals surface area contributed by atoms with Crippen molar-refractivity contribution in [1.82, 2.24) is 20.2 Å². The Morgan fingerprint density at radius 1 is 0.594 bits per heavy atom. The first-order valence-electron chi connectivity index (χ1n) is 10.5. The molecule has 5 aromatic rings. The third-order valence-corrected chi connectivity index (χ3v) is 6.64. The molecule has 0 spiro atoms. The molecule has 0 fully saturated rings. The second-order valence-electron chi connectivity index (χ2n) is 7.53. The maximum atomic E-state index is 4.59. The van der Waals surface area contributed by atoms with Gasteiger partial charge < -0.3 is 0 Å². The van der Waals surface area contributed by atoms with Gasteiger partial charge in [0.15, 0.2) is 5.82 Å². The van der Waals surface area contributed by atoms with E-state index in [4.69, 9.17) is 0 Å². The first kappa shape index (κ1) is 20.3. The molecule has 1 heterocycles. The van der Waals surface area contributed by atoms with Crippen molar-refractivity contribution in [1.29, 1.82) is 0 Å². The van der Waals surface area contributed by atoms with Crippen LogP contribution < -0.4 is 0 Å². The van der Waals surface area contributed by atoms with E-state index in [0.29, 0.717) is 0 Å². The highest BCUT2D eigenvalue weighted by molar-refractivity contribution is 9.09. The average molecular weight is 481 g/mol. The van der Waals surface area contributed by atoms with Crippen molar-refractivity contribution in [3.63, 3.8) is 0 Å². The molecule has 0 radical (unpaired) electrons. The van der Waals surface area contributed by atoms with Gasteiger partial charge in [-0.3, -0.25) is 0 Å². The Labute approximate surface area is 195 Å². The number of tetrazole rings is 1. The van der Waals surface area contributed by atoms with Crippen LogP contribution in [-0.4, -0.2) is 20.2 Å². The molecule has 0 saturated carbocycles. The Bertz CT molecular complexity index is 1180. The summed E-state index contributed by atoms with van der Waals surface area (Å²) in [7, 11) is 0. The minimum absolute atomic E-state index is 0.172. The minimum Gasteiger partial charge on any atom is -0.208 e. The summed E-state index contributed by atoms with van der Waals surface area (Å²) in [6.45, 7) is 0. The van der Waals surface area contributed by atoms with E-state index in [2.05, 4.69) is 116 Å². The molecule has 1 aromatic heterocycles. The molecule has 156 valence electrons. The van der Waals surface area contributed by atoms with Gasteiger partial charge in [0.05, 0.1) is 0 Å². The van der Waals surface area contributed by atoms with E-state index in [9.17, 15) is 0 Å². The van der Waals surface area contributed by atoms with Crippen LogP contribution in [0.3, 0.4) is 0 Å². The lowest BCUT2D eigenvalue weighted by Crippen LogP contribution is -2.40. The zero-order valence-electron chi connectivity index (χ0n) is 17.3. The van der Waals surface area contributed by atoms with Gasteiger partial charge in [0.1, 0.15) is 10.4 Å². The van der Waals surface area contributed by atoms with E-state index in [0.717, 1.165) is 28.1 Å². The van der Waals surface area contributed by atoms with Crippen molar-refractivity contribution in [2.24, 2.45) is 0 Å². The highest BCUT2D eigenvalue weighted by Gasteiger charge is 2.42. The monoisotopic (exact) mass is 480 g/mol. The highest BCUT2D eigenvalue weighted by Crippen LogP contribution is 2.42. The fraction of sp³-hybridized carbons (Fsp3) is 0.0741. The van der Waals surface area contributed by atoms with E-state index in [1.54, 1.807) is 0 Å². The third kappa shape index (κ3) is 3.45. The highest BCUT2D eigenvalue weighted by atomic mass is 79.9. The van der Waals surface area contributed by atoms with Gasteiger partial charge in [-0.15, -0.1) is 5.10 Å². The molecule has 32 heavy (non-hydrogen) atoms. The largest absolute Gasteiger partial charge is 0.208 e. The predicted molar refractivity (Wildman–Crippen MR) is 130 cm³/mol. The summed E-state index contributed by atoms with van der Waals surface area (Å²) in [5, 5.41) is 13.2. The SMILES string of the molecule is BrC(c1ccccc1)c1nnnn1C(c1ccccc1)(c1ccccc1)c1ccccc1. The quantitative estimate of drug-likeness (QED) is 0.221. The lowest BCUT2D eigenvalue weighted by molar-refractivity contribution is 0.432. The molecule has 5 heteroatoms. The van der Waals surface area contributed by atoms with Gasteiger partial charge in [0, 0.05) is 0 Å². The molecule has 0 N–H and O–H groups in total. The molecule has 0 aliphatic carbocycles. The smallest absolute Gasteiger partial charge is 0.171 e. The Kier molecular flexibility index (Phi) is 5.65. The van der Waals surface area contributed by atoms with E-state index in [1.807, 2.05) is 41.1 Å². The Hall–Kier alpha value is -3.57. The number of alkyl halides is 1. The fourth-order valence-corrected chi connectivity index (χ4v) is 4.86. The van der Waals surface area contributed by atoms with Gasteiger partial charge in [-0.2, -0.15) is 0 Å². The molecular formula is C27H21BrN4. The summed E-state index contributed by atoms with van der Waals surface area (Å²) < 4.78 is 1.96. The van der Waals surface area contributed by atoms with Crippen LogP contribution in [0.25, 0.3) is 0 Å². The van der Waals surface area contributed by atoms with Crippen molar-refractivity contribution in [3.8, 4) is 0 Å². The normalized spacial score (nSPS) is 12.4. The van der Waals surface area contributed by atoms with Gasteiger partial charge in [-0.1, -0.05) is 137 Å². The van der Waals surface area contributed by atoms with Crippen molar-refractivity contribution >= 4 is 15.9 Å². The van der Waals surface area contributed by atoms with Crippen molar-refractivity contribution in [2.45, 2.75) is 10.4 Å². The number of halogens is 1. The van der Waals surface area contributed by atoms with E-state index in [1.165, 1.54) is 0 Å². The Morgan fingerprint density at radius 3 is 1.44 bits per heavy atom. The number of hydrogen-bond donors (Lipinski definition) is 0. The Morgan fingerprint density at radius 2 is 1.00 bits per heavy atom. The summed E-state index contributed by atoms with van der Waals surface area (Å²) in [6.07, 6.45) is 0. The summed E-state index contributed by atoms with van der Waals surface area (Å²) in [6, 6.07) is 41.5. The topological polar surface area (TPSA) is 43.6 Å². The van der Waals surface area contributed by atoms with Crippen LogP contribution in [0, 0.1) is 0 Å².